The van der Waals surface area contributed by atoms with Crippen LogP contribution in [0.2, 0.25) is 0 Å². The van der Waals surface area contributed by atoms with Crippen LogP contribution in [0, 0.1) is 11.8 Å². The number of amides is 1. The quantitative estimate of drug-likeness (QED) is 0.406. The van der Waals surface area contributed by atoms with Crippen molar-refractivity contribution in [1.29, 1.82) is 0 Å². The number of hydrogen-bond acceptors (Lipinski definition) is 3. The van der Waals surface area contributed by atoms with Crippen molar-refractivity contribution in [2.75, 3.05) is 5.75 Å². The van der Waals surface area contributed by atoms with Crippen LogP contribution in [0.4, 0.5) is 0 Å². The van der Waals surface area contributed by atoms with Gasteiger partial charge in [0.15, 0.2) is 0 Å². The summed E-state index contributed by atoms with van der Waals surface area (Å²) in [7, 11) is 0. The number of hydrazine groups is 1. The fourth-order valence-corrected chi connectivity index (χ4v) is 2.55. The first-order valence-electron chi connectivity index (χ1n) is 5.11. The van der Waals surface area contributed by atoms with Crippen molar-refractivity contribution < 1.29 is 4.79 Å². The maximum Gasteiger partial charge on any atom is 0.247 e. The first-order chi connectivity index (χ1) is 6.49. The number of nitrogens with two attached hydrogens (primary N) is 1. The van der Waals surface area contributed by atoms with E-state index in [1.807, 2.05) is 13.8 Å². The average molecular weight is 218 g/mol. The second kappa shape index (κ2) is 7.12. The van der Waals surface area contributed by atoms with Crippen molar-refractivity contribution in [3.05, 3.63) is 0 Å². The van der Waals surface area contributed by atoms with Gasteiger partial charge in [-0.15, -0.1) is 11.8 Å². The Morgan fingerprint density at radius 2 is 1.93 bits per heavy atom. The van der Waals surface area contributed by atoms with Crippen molar-refractivity contribution in [2.45, 2.75) is 39.4 Å². The van der Waals surface area contributed by atoms with E-state index in [0.29, 0.717) is 11.8 Å². The highest BCUT2D eigenvalue weighted by molar-refractivity contribution is 8.00. The molecule has 0 aliphatic carbocycles. The summed E-state index contributed by atoms with van der Waals surface area (Å²) < 4.78 is 0. The lowest BCUT2D eigenvalue weighted by Crippen LogP contribution is -2.40. The van der Waals surface area contributed by atoms with Crippen LogP contribution >= 0.6 is 11.8 Å². The average Bonchev–Trinajstić information content (AvgIpc) is 2.10. The molecule has 0 spiro atoms. The highest BCUT2D eigenvalue weighted by Gasteiger charge is 2.21. The van der Waals surface area contributed by atoms with Gasteiger partial charge in [0.2, 0.25) is 5.91 Å². The number of rotatable bonds is 6. The molecule has 0 radical (unpaired) electrons. The van der Waals surface area contributed by atoms with Crippen molar-refractivity contribution >= 4 is 17.7 Å². The number of hydrogen-bond donors (Lipinski definition) is 2. The van der Waals surface area contributed by atoms with Gasteiger partial charge < -0.3 is 0 Å². The molecular formula is C10H22N2OS. The summed E-state index contributed by atoms with van der Waals surface area (Å²) in [6.07, 6.45) is 1.14. The predicted octanol–water partition coefficient (Wildman–Crippen LogP) is 1.78. The van der Waals surface area contributed by atoms with Crippen LogP contribution in [0.1, 0.15) is 34.1 Å². The maximum atomic E-state index is 11.4. The lowest BCUT2D eigenvalue weighted by molar-refractivity contribution is -0.121. The topological polar surface area (TPSA) is 55.1 Å². The Hall–Kier alpha value is -0.220. The highest BCUT2D eigenvalue weighted by atomic mass is 32.2. The zero-order valence-electron chi connectivity index (χ0n) is 9.54. The molecule has 0 aromatic heterocycles. The van der Waals surface area contributed by atoms with E-state index in [-0.39, 0.29) is 11.2 Å². The summed E-state index contributed by atoms with van der Waals surface area (Å²) in [6.45, 7) is 8.46. The molecule has 3 nitrogen and oxygen atoms in total. The van der Waals surface area contributed by atoms with Crippen LogP contribution in [0.3, 0.4) is 0 Å². The molecule has 1 amide bonds. The summed E-state index contributed by atoms with van der Waals surface area (Å²) in [4.78, 5) is 11.4. The highest BCUT2D eigenvalue weighted by Crippen LogP contribution is 2.21. The van der Waals surface area contributed by atoms with Gasteiger partial charge >= 0.3 is 0 Å². The number of thioether (sulfide) groups is 1. The van der Waals surface area contributed by atoms with E-state index in [4.69, 9.17) is 5.84 Å². The van der Waals surface area contributed by atoms with E-state index in [0.717, 1.165) is 12.2 Å². The fourth-order valence-electron chi connectivity index (χ4n) is 1.08. The largest absolute Gasteiger partial charge is 0.293 e. The Labute approximate surface area is 91.2 Å². The molecule has 0 heterocycles. The summed E-state index contributed by atoms with van der Waals surface area (Å²) >= 11 is 1.70. The molecule has 0 aliphatic rings. The van der Waals surface area contributed by atoms with Crippen molar-refractivity contribution in [3.8, 4) is 0 Å². The maximum absolute atomic E-state index is 11.4. The molecular weight excluding hydrogens is 196 g/mol. The minimum absolute atomic E-state index is 0.0150. The lowest BCUT2D eigenvalue weighted by Gasteiger charge is -2.18. The molecule has 0 rings (SSSR count). The summed E-state index contributed by atoms with van der Waals surface area (Å²) in [6, 6.07) is 0. The number of carbonyl (C=O) groups is 1. The smallest absolute Gasteiger partial charge is 0.247 e. The van der Waals surface area contributed by atoms with Gasteiger partial charge in [0.1, 0.15) is 0 Å². The van der Waals surface area contributed by atoms with Crippen molar-refractivity contribution in [2.24, 2.45) is 17.7 Å². The van der Waals surface area contributed by atoms with Gasteiger partial charge in [-0.3, -0.25) is 10.2 Å². The number of carbonyl (C=O) groups excluding carboxylic acids is 1. The second-order valence-corrected chi connectivity index (χ2v) is 5.48. The van der Waals surface area contributed by atoms with Crippen molar-refractivity contribution in [1.82, 2.24) is 5.43 Å². The minimum atomic E-state index is -0.0613. The molecule has 84 valence electrons. The zero-order valence-corrected chi connectivity index (χ0v) is 10.4. The molecule has 0 saturated carbocycles. The minimum Gasteiger partial charge on any atom is -0.293 e. The van der Waals surface area contributed by atoms with Gasteiger partial charge in [-0.05, 0) is 24.0 Å². The monoisotopic (exact) mass is 218 g/mol. The van der Waals surface area contributed by atoms with Crippen LogP contribution in [0.25, 0.3) is 0 Å². The molecule has 0 bridgehead atoms. The third-order valence-electron chi connectivity index (χ3n) is 2.00. The Balaban J connectivity index is 3.92. The molecule has 0 aliphatic heterocycles. The molecule has 0 saturated heterocycles. The Morgan fingerprint density at radius 1 is 1.36 bits per heavy atom. The van der Waals surface area contributed by atoms with Gasteiger partial charge in [0, 0.05) is 0 Å². The zero-order chi connectivity index (χ0) is 11.1. The second-order valence-electron chi connectivity index (χ2n) is 4.23. The summed E-state index contributed by atoms with van der Waals surface area (Å²) in [5, 5.41) is -0.0150. The normalized spacial score (nSPS) is 13.4. The first kappa shape index (κ1) is 13.8. The molecule has 1 unspecified atom stereocenters. The van der Waals surface area contributed by atoms with Gasteiger partial charge in [0.05, 0.1) is 5.25 Å². The van der Waals surface area contributed by atoms with E-state index >= 15 is 0 Å². The molecule has 0 aromatic rings. The third-order valence-corrected chi connectivity index (χ3v) is 3.59. The Bertz CT molecular complexity index is 172. The number of nitrogens with one attached hydrogen (secondary N) is 1. The van der Waals surface area contributed by atoms with Gasteiger partial charge in [0.25, 0.3) is 0 Å². The van der Waals surface area contributed by atoms with Gasteiger partial charge in [-0.25, -0.2) is 5.84 Å². The van der Waals surface area contributed by atoms with Crippen LogP contribution in [0.5, 0.6) is 0 Å². The fraction of sp³-hybridized carbons (Fsp3) is 0.900. The van der Waals surface area contributed by atoms with E-state index in [1.165, 1.54) is 0 Å². The molecule has 0 aromatic carbocycles. The van der Waals surface area contributed by atoms with Crippen LogP contribution in [-0.2, 0) is 4.79 Å². The molecule has 1 atom stereocenters. The Kier molecular flexibility index (Phi) is 7.01. The van der Waals surface area contributed by atoms with E-state index < -0.39 is 0 Å². The van der Waals surface area contributed by atoms with Gasteiger partial charge in [-0.2, -0.15) is 0 Å². The predicted molar refractivity (Wildman–Crippen MR) is 62.9 cm³/mol. The third kappa shape index (κ3) is 5.50. The van der Waals surface area contributed by atoms with E-state index in [9.17, 15) is 4.79 Å². The lowest BCUT2D eigenvalue weighted by atomic mass is 10.1. The van der Waals surface area contributed by atoms with Gasteiger partial charge in [-0.1, -0.05) is 27.7 Å². The summed E-state index contributed by atoms with van der Waals surface area (Å²) in [5.41, 5.74) is 2.22. The SMILES string of the molecule is CC(C)CCSC(C(=O)NN)C(C)C. The van der Waals surface area contributed by atoms with Crippen LogP contribution < -0.4 is 11.3 Å². The molecule has 3 N–H and O–H groups in total. The molecule has 0 fully saturated rings. The first-order valence-corrected chi connectivity index (χ1v) is 6.16. The van der Waals surface area contributed by atoms with Crippen LogP contribution in [0.15, 0.2) is 0 Å². The Morgan fingerprint density at radius 3 is 2.29 bits per heavy atom. The van der Waals surface area contributed by atoms with E-state index in [1.54, 1.807) is 11.8 Å². The molecule has 14 heavy (non-hydrogen) atoms. The molecule has 4 heteroatoms. The van der Waals surface area contributed by atoms with Crippen LogP contribution in [-0.4, -0.2) is 16.9 Å². The van der Waals surface area contributed by atoms with E-state index in [2.05, 4.69) is 19.3 Å². The van der Waals surface area contributed by atoms with Crippen molar-refractivity contribution in [3.63, 3.8) is 0 Å². The standard InChI is InChI=1S/C10H22N2OS/c1-7(2)5-6-14-9(8(3)4)10(13)12-11/h7-9H,5-6,11H2,1-4H3,(H,12,13). The summed E-state index contributed by atoms with van der Waals surface area (Å²) in [5.74, 6) is 7.11.